The molecule has 0 amide bonds. The molecule has 0 bridgehead atoms. The highest BCUT2D eigenvalue weighted by Gasteiger charge is 2.21. The van der Waals surface area contributed by atoms with E-state index in [9.17, 15) is 10.2 Å². The number of aryl methyl sites for hydroxylation is 2. The van der Waals surface area contributed by atoms with Crippen LogP contribution in [0.15, 0.2) is 24.3 Å². The molecule has 2 aromatic carbocycles. The summed E-state index contributed by atoms with van der Waals surface area (Å²) in [6.07, 6.45) is 0.530. The van der Waals surface area contributed by atoms with Crippen LogP contribution in [-0.2, 0) is 11.8 Å². The number of aromatic hydroxyl groups is 2. The molecule has 0 atom stereocenters. The molecule has 2 nitrogen and oxygen atoms in total. The fourth-order valence-corrected chi connectivity index (χ4v) is 3.29. The molecule has 0 aliphatic carbocycles. The van der Waals surface area contributed by atoms with Gasteiger partial charge in [0.25, 0.3) is 0 Å². The Morgan fingerprint density at radius 1 is 1.05 bits per heavy atom. The van der Waals surface area contributed by atoms with E-state index in [0.29, 0.717) is 12.2 Å². The molecule has 0 saturated heterocycles. The molecule has 0 aromatic heterocycles. The lowest BCUT2D eigenvalue weighted by atomic mass is 9.83. The fraction of sp³-hybridized carbons (Fsp3) is 0.368. The van der Waals surface area contributed by atoms with Crippen LogP contribution in [0.1, 0.15) is 48.6 Å². The van der Waals surface area contributed by atoms with Crippen molar-refractivity contribution in [2.75, 3.05) is 0 Å². The maximum Gasteiger partial charge on any atom is 0.122 e. The van der Waals surface area contributed by atoms with Crippen molar-refractivity contribution in [3.05, 3.63) is 55.7 Å². The van der Waals surface area contributed by atoms with E-state index in [4.69, 9.17) is 0 Å². The zero-order valence-corrected chi connectivity index (χ0v) is 15.9. The summed E-state index contributed by atoms with van der Waals surface area (Å²) in [5.74, 6) is 0.628. The molecule has 118 valence electrons. The van der Waals surface area contributed by atoms with Gasteiger partial charge in [-0.15, -0.1) is 0 Å². The molecule has 0 radical (unpaired) electrons. The number of halogens is 1. The Labute approximate surface area is 146 Å². The first-order valence-corrected chi connectivity index (χ1v) is 8.49. The van der Waals surface area contributed by atoms with Crippen LogP contribution >= 0.6 is 22.6 Å². The van der Waals surface area contributed by atoms with Gasteiger partial charge in [0.15, 0.2) is 0 Å². The zero-order chi connectivity index (χ0) is 16.7. The first-order chi connectivity index (χ1) is 10.1. The van der Waals surface area contributed by atoms with Gasteiger partial charge in [0, 0.05) is 15.6 Å². The van der Waals surface area contributed by atoms with Gasteiger partial charge in [-0.05, 0) is 64.6 Å². The van der Waals surface area contributed by atoms with Gasteiger partial charge in [-0.25, -0.2) is 0 Å². The molecule has 0 heterocycles. The van der Waals surface area contributed by atoms with E-state index in [-0.39, 0.29) is 11.2 Å². The van der Waals surface area contributed by atoms with Crippen molar-refractivity contribution in [2.24, 2.45) is 0 Å². The van der Waals surface area contributed by atoms with E-state index in [1.807, 2.05) is 32.0 Å². The number of phenolic OH excluding ortho intramolecular Hbond substituents is 2. The van der Waals surface area contributed by atoms with E-state index in [0.717, 1.165) is 31.4 Å². The Balaban J connectivity index is 2.56. The lowest BCUT2D eigenvalue weighted by Gasteiger charge is -2.23. The Kier molecular flexibility index (Phi) is 4.76. The largest absolute Gasteiger partial charge is 0.508 e. The van der Waals surface area contributed by atoms with E-state index < -0.39 is 0 Å². The van der Waals surface area contributed by atoms with Gasteiger partial charge < -0.3 is 10.2 Å². The van der Waals surface area contributed by atoms with Gasteiger partial charge in [0.2, 0.25) is 0 Å². The Morgan fingerprint density at radius 2 is 1.68 bits per heavy atom. The maximum atomic E-state index is 10.7. The molecule has 0 unspecified atom stereocenters. The summed E-state index contributed by atoms with van der Waals surface area (Å²) in [6.45, 7) is 10.4. The minimum Gasteiger partial charge on any atom is -0.508 e. The van der Waals surface area contributed by atoms with Gasteiger partial charge in [-0.3, -0.25) is 0 Å². The second-order valence-corrected chi connectivity index (χ2v) is 8.02. The fourth-order valence-electron chi connectivity index (χ4n) is 2.65. The SMILES string of the molecule is Cc1cc(Cc2c(O)ccc(C)c2I)c(O)c(C(C)(C)C)c1. The minimum atomic E-state index is -0.118. The van der Waals surface area contributed by atoms with Gasteiger partial charge in [-0.1, -0.05) is 44.5 Å². The lowest BCUT2D eigenvalue weighted by molar-refractivity contribution is 0.440. The number of hydrogen-bond acceptors (Lipinski definition) is 2. The topological polar surface area (TPSA) is 40.5 Å². The summed E-state index contributed by atoms with van der Waals surface area (Å²) in [5, 5.41) is 20.9. The third-order valence-corrected chi connectivity index (χ3v) is 5.42. The van der Waals surface area contributed by atoms with Crippen LogP contribution < -0.4 is 0 Å². The van der Waals surface area contributed by atoms with Crippen molar-refractivity contribution in [3.63, 3.8) is 0 Å². The number of hydrogen-bond donors (Lipinski definition) is 2. The van der Waals surface area contributed by atoms with Gasteiger partial charge in [-0.2, -0.15) is 0 Å². The molecule has 0 aliphatic rings. The lowest BCUT2D eigenvalue weighted by Crippen LogP contribution is -2.12. The maximum absolute atomic E-state index is 10.7. The predicted octanol–water partition coefficient (Wildman–Crippen LogP) is 5.21. The molecule has 0 spiro atoms. The summed E-state index contributed by atoms with van der Waals surface area (Å²) in [6, 6.07) is 7.68. The highest BCUT2D eigenvalue weighted by atomic mass is 127. The monoisotopic (exact) mass is 410 g/mol. The molecule has 22 heavy (non-hydrogen) atoms. The summed E-state index contributed by atoms with van der Waals surface area (Å²) in [4.78, 5) is 0. The smallest absolute Gasteiger partial charge is 0.122 e. The highest BCUT2D eigenvalue weighted by molar-refractivity contribution is 14.1. The van der Waals surface area contributed by atoms with Crippen LogP contribution in [-0.4, -0.2) is 10.2 Å². The van der Waals surface area contributed by atoms with E-state index in [1.165, 1.54) is 0 Å². The van der Waals surface area contributed by atoms with Crippen LogP contribution in [0.5, 0.6) is 11.5 Å². The molecule has 2 N–H and O–H groups in total. The normalized spacial score (nSPS) is 11.7. The molecule has 2 rings (SSSR count). The molecule has 0 saturated carbocycles. The second-order valence-electron chi connectivity index (χ2n) is 6.94. The quantitative estimate of drug-likeness (QED) is 0.668. The van der Waals surface area contributed by atoms with Gasteiger partial charge in [0.05, 0.1) is 0 Å². The summed E-state index contributed by atoms with van der Waals surface area (Å²) in [7, 11) is 0. The van der Waals surface area contributed by atoms with Crippen LogP contribution in [0, 0.1) is 17.4 Å². The van der Waals surface area contributed by atoms with E-state index >= 15 is 0 Å². The molecule has 0 aliphatic heterocycles. The third kappa shape index (κ3) is 3.40. The zero-order valence-electron chi connectivity index (χ0n) is 13.8. The molecular weight excluding hydrogens is 387 g/mol. The standard InChI is InChI=1S/C19H23IO2/c1-11-8-13(18(22)15(9-11)19(3,4)5)10-14-16(21)7-6-12(2)17(14)20/h6-9,21-22H,10H2,1-5H3. The van der Waals surface area contributed by atoms with Gasteiger partial charge in [0.1, 0.15) is 11.5 Å². The van der Waals surface area contributed by atoms with Crippen molar-refractivity contribution in [2.45, 2.75) is 46.5 Å². The Morgan fingerprint density at radius 3 is 2.27 bits per heavy atom. The van der Waals surface area contributed by atoms with E-state index in [1.54, 1.807) is 6.07 Å². The molecule has 0 fully saturated rings. The average Bonchev–Trinajstić information content (AvgIpc) is 2.41. The van der Waals surface area contributed by atoms with Crippen LogP contribution in [0.4, 0.5) is 0 Å². The summed E-state index contributed by atoms with van der Waals surface area (Å²) in [5.41, 5.74) is 4.83. The number of rotatable bonds is 2. The van der Waals surface area contributed by atoms with Crippen LogP contribution in [0.2, 0.25) is 0 Å². The third-order valence-electron chi connectivity index (χ3n) is 3.92. The second kappa shape index (κ2) is 6.11. The Hall–Kier alpha value is -1.23. The highest BCUT2D eigenvalue weighted by Crippen LogP contribution is 2.37. The summed E-state index contributed by atoms with van der Waals surface area (Å²) >= 11 is 2.26. The molecular formula is C19H23IO2. The number of benzene rings is 2. The van der Waals surface area contributed by atoms with E-state index in [2.05, 4.69) is 43.4 Å². The predicted molar refractivity (Wildman–Crippen MR) is 99.9 cm³/mol. The first kappa shape index (κ1) is 17.1. The summed E-state index contributed by atoms with van der Waals surface area (Å²) < 4.78 is 1.05. The molecule has 3 heteroatoms. The van der Waals surface area contributed by atoms with Crippen molar-refractivity contribution < 1.29 is 10.2 Å². The number of phenols is 2. The van der Waals surface area contributed by atoms with Crippen molar-refractivity contribution in [3.8, 4) is 11.5 Å². The van der Waals surface area contributed by atoms with Crippen molar-refractivity contribution in [1.82, 2.24) is 0 Å². The van der Waals surface area contributed by atoms with Crippen molar-refractivity contribution >= 4 is 22.6 Å². The van der Waals surface area contributed by atoms with Crippen molar-refractivity contribution in [1.29, 1.82) is 0 Å². The first-order valence-electron chi connectivity index (χ1n) is 7.41. The molecule has 2 aromatic rings. The minimum absolute atomic E-state index is 0.118. The van der Waals surface area contributed by atoms with Crippen LogP contribution in [0.3, 0.4) is 0 Å². The average molecular weight is 410 g/mol. The Bertz CT molecular complexity index is 712. The van der Waals surface area contributed by atoms with Gasteiger partial charge >= 0.3 is 0 Å². The van der Waals surface area contributed by atoms with Crippen LogP contribution in [0.25, 0.3) is 0 Å².